The number of hydrogen-bond acceptors (Lipinski definition) is 3. The second kappa shape index (κ2) is 7.25. The minimum absolute atomic E-state index is 0.473. The van der Waals surface area contributed by atoms with Crippen LogP contribution in [0, 0.1) is 0 Å². The summed E-state index contributed by atoms with van der Waals surface area (Å²) in [7, 11) is 1.77. The Labute approximate surface area is 101 Å². The zero-order valence-corrected chi connectivity index (χ0v) is 11.3. The molecule has 0 aromatic rings. The van der Waals surface area contributed by atoms with Crippen molar-refractivity contribution < 1.29 is 4.74 Å². The number of rotatable bonds is 5. The maximum Gasteiger partial charge on any atom is 0.0613 e. The maximum absolute atomic E-state index is 5.16. The molecule has 3 heteroatoms. The van der Waals surface area contributed by atoms with Gasteiger partial charge in [0.2, 0.25) is 0 Å². The van der Waals surface area contributed by atoms with Crippen molar-refractivity contribution >= 4 is 0 Å². The molecule has 0 radical (unpaired) electrons. The van der Waals surface area contributed by atoms with Gasteiger partial charge in [-0.05, 0) is 53.1 Å². The Morgan fingerprint density at radius 1 is 1.25 bits per heavy atom. The number of likely N-dealkylation sites (tertiary alicyclic amines) is 1. The van der Waals surface area contributed by atoms with Gasteiger partial charge in [0, 0.05) is 25.2 Å². The normalized spacial score (nSPS) is 25.7. The monoisotopic (exact) mass is 228 g/mol. The van der Waals surface area contributed by atoms with Gasteiger partial charge in [-0.15, -0.1) is 0 Å². The molecule has 1 saturated heterocycles. The van der Waals surface area contributed by atoms with Gasteiger partial charge in [0.05, 0.1) is 6.61 Å². The van der Waals surface area contributed by atoms with E-state index in [9.17, 15) is 0 Å². The van der Waals surface area contributed by atoms with Gasteiger partial charge in [-0.25, -0.2) is 0 Å². The zero-order valence-electron chi connectivity index (χ0n) is 11.3. The van der Waals surface area contributed by atoms with E-state index in [2.05, 4.69) is 31.0 Å². The minimum Gasteiger partial charge on any atom is -0.383 e. The Morgan fingerprint density at radius 3 is 2.62 bits per heavy atom. The highest BCUT2D eigenvalue weighted by atomic mass is 16.5. The summed E-state index contributed by atoms with van der Waals surface area (Å²) in [5.74, 6) is 0. The lowest BCUT2D eigenvalue weighted by Crippen LogP contribution is -2.40. The average molecular weight is 228 g/mol. The molecule has 1 aliphatic heterocycles. The zero-order chi connectivity index (χ0) is 12.0. The van der Waals surface area contributed by atoms with Crippen molar-refractivity contribution in [3.63, 3.8) is 0 Å². The molecule has 0 spiro atoms. The van der Waals surface area contributed by atoms with Crippen LogP contribution in [0.5, 0.6) is 0 Å². The summed E-state index contributed by atoms with van der Waals surface area (Å²) >= 11 is 0. The van der Waals surface area contributed by atoms with Crippen LogP contribution in [-0.2, 0) is 4.74 Å². The van der Waals surface area contributed by atoms with Gasteiger partial charge in [0.25, 0.3) is 0 Å². The summed E-state index contributed by atoms with van der Waals surface area (Å²) in [4.78, 5) is 2.59. The summed E-state index contributed by atoms with van der Waals surface area (Å²) in [5, 5.41) is 3.67. The van der Waals surface area contributed by atoms with E-state index in [1.807, 2.05) is 0 Å². The maximum atomic E-state index is 5.16. The lowest BCUT2D eigenvalue weighted by molar-refractivity contribution is 0.164. The fraction of sp³-hybridized carbons (Fsp3) is 1.00. The van der Waals surface area contributed by atoms with Crippen molar-refractivity contribution in [1.82, 2.24) is 10.2 Å². The van der Waals surface area contributed by atoms with Crippen LogP contribution in [0.4, 0.5) is 0 Å². The SMILES string of the molecule is COCC(C)NC1CCCN(C(C)C)CC1. The third kappa shape index (κ3) is 4.81. The predicted molar refractivity (Wildman–Crippen MR) is 68.8 cm³/mol. The van der Waals surface area contributed by atoms with E-state index >= 15 is 0 Å². The Balaban J connectivity index is 2.29. The minimum atomic E-state index is 0.473. The Bertz CT molecular complexity index is 185. The molecule has 3 nitrogen and oxygen atoms in total. The van der Waals surface area contributed by atoms with Crippen LogP contribution in [0.3, 0.4) is 0 Å². The molecule has 0 amide bonds. The Morgan fingerprint density at radius 2 is 2.00 bits per heavy atom. The van der Waals surface area contributed by atoms with E-state index in [0.29, 0.717) is 18.1 Å². The summed E-state index contributed by atoms with van der Waals surface area (Å²) < 4.78 is 5.16. The molecule has 96 valence electrons. The predicted octanol–water partition coefficient (Wildman–Crippen LogP) is 1.87. The van der Waals surface area contributed by atoms with Crippen LogP contribution in [-0.4, -0.2) is 49.8 Å². The van der Waals surface area contributed by atoms with E-state index in [-0.39, 0.29) is 0 Å². The van der Waals surface area contributed by atoms with Crippen LogP contribution in [0.1, 0.15) is 40.0 Å². The molecule has 0 aromatic carbocycles. The Hall–Kier alpha value is -0.120. The highest BCUT2D eigenvalue weighted by molar-refractivity contribution is 4.78. The summed E-state index contributed by atoms with van der Waals surface area (Å²) in [6.45, 7) is 10.1. The first-order valence-electron chi connectivity index (χ1n) is 6.62. The van der Waals surface area contributed by atoms with Gasteiger partial charge >= 0.3 is 0 Å². The number of methoxy groups -OCH3 is 1. The van der Waals surface area contributed by atoms with E-state index in [1.165, 1.54) is 32.4 Å². The van der Waals surface area contributed by atoms with Gasteiger partial charge in [-0.3, -0.25) is 0 Å². The third-order valence-electron chi connectivity index (χ3n) is 3.43. The second-order valence-corrected chi connectivity index (χ2v) is 5.28. The van der Waals surface area contributed by atoms with Gasteiger partial charge in [0.15, 0.2) is 0 Å². The molecule has 2 atom stereocenters. The third-order valence-corrected chi connectivity index (χ3v) is 3.43. The van der Waals surface area contributed by atoms with Gasteiger partial charge in [0.1, 0.15) is 0 Å². The topological polar surface area (TPSA) is 24.5 Å². The van der Waals surface area contributed by atoms with Crippen LogP contribution in [0.15, 0.2) is 0 Å². The lowest BCUT2D eigenvalue weighted by Gasteiger charge is -2.25. The molecule has 1 heterocycles. The molecule has 1 aliphatic rings. The van der Waals surface area contributed by atoms with E-state index in [0.717, 1.165) is 6.61 Å². The van der Waals surface area contributed by atoms with Crippen molar-refractivity contribution in [2.45, 2.75) is 58.2 Å². The fourth-order valence-corrected chi connectivity index (χ4v) is 2.50. The molecule has 1 fully saturated rings. The largest absolute Gasteiger partial charge is 0.383 e. The highest BCUT2D eigenvalue weighted by Gasteiger charge is 2.19. The number of hydrogen-bond donors (Lipinski definition) is 1. The molecular weight excluding hydrogens is 200 g/mol. The van der Waals surface area contributed by atoms with Crippen molar-refractivity contribution in [2.24, 2.45) is 0 Å². The number of nitrogens with one attached hydrogen (secondary N) is 1. The quantitative estimate of drug-likeness (QED) is 0.777. The standard InChI is InChI=1S/C13H28N2O/c1-11(2)15-8-5-6-13(7-9-15)14-12(3)10-16-4/h11-14H,5-10H2,1-4H3. The molecule has 2 unspecified atom stereocenters. The average Bonchev–Trinajstić information content (AvgIpc) is 2.43. The van der Waals surface area contributed by atoms with Gasteiger partial charge in [-0.2, -0.15) is 0 Å². The van der Waals surface area contributed by atoms with Crippen LogP contribution >= 0.6 is 0 Å². The molecule has 0 bridgehead atoms. The highest BCUT2D eigenvalue weighted by Crippen LogP contribution is 2.13. The molecule has 1 N–H and O–H groups in total. The van der Waals surface area contributed by atoms with E-state index in [1.54, 1.807) is 7.11 Å². The van der Waals surface area contributed by atoms with Crippen molar-refractivity contribution in [3.05, 3.63) is 0 Å². The molecule has 1 rings (SSSR count). The van der Waals surface area contributed by atoms with Crippen LogP contribution in [0.25, 0.3) is 0 Å². The van der Waals surface area contributed by atoms with Gasteiger partial charge < -0.3 is 15.0 Å². The van der Waals surface area contributed by atoms with E-state index in [4.69, 9.17) is 4.74 Å². The van der Waals surface area contributed by atoms with E-state index < -0.39 is 0 Å². The lowest BCUT2D eigenvalue weighted by atomic mass is 10.1. The summed E-state index contributed by atoms with van der Waals surface area (Å²) in [6, 6.07) is 1.84. The molecule has 0 saturated carbocycles. The smallest absolute Gasteiger partial charge is 0.0613 e. The number of ether oxygens (including phenoxy) is 1. The second-order valence-electron chi connectivity index (χ2n) is 5.28. The first kappa shape index (κ1) is 13.9. The number of nitrogens with zero attached hydrogens (tertiary/aromatic N) is 1. The summed E-state index contributed by atoms with van der Waals surface area (Å²) in [6.07, 6.45) is 3.89. The van der Waals surface area contributed by atoms with Crippen molar-refractivity contribution in [3.8, 4) is 0 Å². The Kier molecular flexibility index (Phi) is 6.32. The first-order chi connectivity index (χ1) is 7.63. The van der Waals surface area contributed by atoms with Gasteiger partial charge in [-0.1, -0.05) is 0 Å². The van der Waals surface area contributed by atoms with Crippen LogP contribution < -0.4 is 5.32 Å². The molecule has 16 heavy (non-hydrogen) atoms. The molecule has 0 aromatic heterocycles. The van der Waals surface area contributed by atoms with Crippen LogP contribution in [0.2, 0.25) is 0 Å². The molecule has 0 aliphatic carbocycles. The van der Waals surface area contributed by atoms with Crippen molar-refractivity contribution in [1.29, 1.82) is 0 Å². The first-order valence-corrected chi connectivity index (χ1v) is 6.62. The molecular formula is C13H28N2O. The van der Waals surface area contributed by atoms with Crippen molar-refractivity contribution in [2.75, 3.05) is 26.8 Å². The summed E-state index contributed by atoms with van der Waals surface area (Å²) in [5.41, 5.74) is 0. The fourth-order valence-electron chi connectivity index (χ4n) is 2.50.